The number of rotatable bonds is 6. The molecule has 4 amide bonds. The molecule has 29 heavy (non-hydrogen) atoms. The lowest BCUT2D eigenvalue weighted by atomic mass is 9.92. The number of hydrogen-bond acceptors (Lipinski definition) is 3. The molecular formula is C22H22ClN3O3. The molecule has 1 heterocycles. The lowest BCUT2D eigenvalue weighted by molar-refractivity contribution is -0.134. The number of urea groups is 1. The normalized spacial score (nSPS) is 22.3. The minimum absolute atomic E-state index is 0.163. The molecule has 1 saturated carbocycles. The van der Waals surface area contributed by atoms with Gasteiger partial charge in [-0.3, -0.25) is 14.5 Å². The second-order valence-corrected chi connectivity index (χ2v) is 8.26. The molecule has 2 aliphatic rings. The van der Waals surface area contributed by atoms with Gasteiger partial charge in [-0.1, -0.05) is 60.1 Å². The van der Waals surface area contributed by atoms with Gasteiger partial charge in [-0.15, -0.1) is 0 Å². The third-order valence-corrected chi connectivity index (χ3v) is 6.18. The Labute approximate surface area is 174 Å². The topological polar surface area (TPSA) is 78.5 Å². The molecule has 2 fully saturated rings. The van der Waals surface area contributed by atoms with Crippen LogP contribution in [0.25, 0.3) is 0 Å². The Morgan fingerprint density at radius 1 is 1.10 bits per heavy atom. The van der Waals surface area contributed by atoms with Crippen molar-refractivity contribution >= 4 is 29.4 Å². The van der Waals surface area contributed by atoms with Crippen LogP contribution in [0.1, 0.15) is 30.9 Å². The maximum Gasteiger partial charge on any atom is 0.325 e. The van der Waals surface area contributed by atoms with Gasteiger partial charge < -0.3 is 10.6 Å². The number of carbonyl (C=O) groups is 3. The monoisotopic (exact) mass is 411 g/mol. The van der Waals surface area contributed by atoms with Crippen molar-refractivity contribution in [3.05, 3.63) is 70.7 Å². The van der Waals surface area contributed by atoms with Crippen molar-refractivity contribution < 1.29 is 14.4 Å². The fourth-order valence-electron chi connectivity index (χ4n) is 3.86. The molecule has 6 nitrogen and oxygen atoms in total. The highest BCUT2D eigenvalue weighted by Gasteiger charge is 2.50. The summed E-state index contributed by atoms with van der Waals surface area (Å²) in [5.41, 5.74) is 0.364. The fraction of sp³-hybridized carbons (Fsp3) is 0.318. The molecule has 0 bridgehead atoms. The van der Waals surface area contributed by atoms with E-state index in [1.165, 1.54) is 0 Å². The Morgan fingerprint density at radius 3 is 2.41 bits per heavy atom. The largest absolute Gasteiger partial charge is 0.354 e. The summed E-state index contributed by atoms with van der Waals surface area (Å²) in [6.45, 7) is 1.76. The summed E-state index contributed by atoms with van der Waals surface area (Å²) in [6.07, 6.45) is 1.87. The van der Waals surface area contributed by atoms with Crippen LogP contribution in [-0.4, -0.2) is 35.8 Å². The van der Waals surface area contributed by atoms with Crippen molar-refractivity contribution in [2.75, 3.05) is 13.1 Å². The van der Waals surface area contributed by atoms with E-state index in [2.05, 4.69) is 10.6 Å². The van der Waals surface area contributed by atoms with E-state index in [0.717, 1.165) is 23.3 Å². The minimum Gasteiger partial charge on any atom is -0.354 e. The fourth-order valence-corrected chi connectivity index (χ4v) is 4.19. The molecular weight excluding hydrogens is 390 g/mol. The summed E-state index contributed by atoms with van der Waals surface area (Å²) < 4.78 is 0. The first-order chi connectivity index (χ1) is 13.9. The van der Waals surface area contributed by atoms with E-state index < -0.39 is 17.5 Å². The molecule has 1 aliphatic heterocycles. The second-order valence-electron chi connectivity index (χ2n) is 7.85. The summed E-state index contributed by atoms with van der Waals surface area (Å²) in [6, 6.07) is 16.1. The zero-order valence-corrected chi connectivity index (χ0v) is 16.8. The first-order valence-corrected chi connectivity index (χ1v) is 9.95. The summed E-state index contributed by atoms with van der Waals surface area (Å²) >= 11 is 6.31. The predicted octanol–water partition coefficient (Wildman–Crippen LogP) is 2.96. The maximum absolute atomic E-state index is 12.9. The summed E-state index contributed by atoms with van der Waals surface area (Å²) in [5.74, 6) is -0.805. The number of benzene rings is 2. The number of halogens is 1. The van der Waals surface area contributed by atoms with Gasteiger partial charge in [-0.25, -0.2) is 4.79 Å². The van der Waals surface area contributed by atoms with Gasteiger partial charge in [-0.05, 0) is 37.0 Å². The molecule has 2 aromatic rings. The zero-order chi connectivity index (χ0) is 20.6. The van der Waals surface area contributed by atoms with Gasteiger partial charge in [0.1, 0.15) is 12.1 Å². The quantitative estimate of drug-likeness (QED) is 0.717. The smallest absolute Gasteiger partial charge is 0.325 e. The van der Waals surface area contributed by atoms with Gasteiger partial charge in [0.05, 0.1) is 0 Å². The lowest BCUT2D eigenvalue weighted by Gasteiger charge is -2.22. The standard InChI is InChI=1S/C22H22ClN3O3/c1-21(15-7-3-2-4-8-15)19(28)26(20(29)25-21)13-18(27)24-14-22(11-12-22)16-9-5-6-10-17(16)23/h2-10H,11-14H2,1H3,(H,24,27)(H,25,29). The average Bonchev–Trinajstić information content (AvgIpc) is 3.47. The zero-order valence-electron chi connectivity index (χ0n) is 16.1. The third-order valence-electron chi connectivity index (χ3n) is 5.85. The molecule has 1 saturated heterocycles. The van der Waals surface area contributed by atoms with Gasteiger partial charge in [-0.2, -0.15) is 0 Å². The number of imide groups is 1. The molecule has 4 rings (SSSR count). The molecule has 1 atom stereocenters. The Bertz CT molecular complexity index is 974. The van der Waals surface area contributed by atoms with Crippen molar-refractivity contribution in [2.45, 2.75) is 30.7 Å². The molecule has 2 aromatic carbocycles. The average molecular weight is 412 g/mol. The van der Waals surface area contributed by atoms with E-state index in [-0.39, 0.29) is 17.9 Å². The number of amides is 4. The maximum atomic E-state index is 12.9. The van der Waals surface area contributed by atoms with Gasteiger partial charge in [0, 0.05) is 17.0 Å². The van der Waals surface area contributed by atoms with Gasteiger partial charge in [0.25, 0.3) is 5.91 Å². The van der Waals surface area contributed by atoms with Crippen molar-refractivity contribution in [3.8, 4) is 0 Å². The van der Waals surface area contributed by atoms with E-state index in [1.807, 2.05) is 30.3 Å². The number of nitrogens with one attached hydrogen (secondary N) is 2. The van der Waals surface area contributed by atoms with Gasteiger partial charge in [0.2, 0.25) is 5.91 Å². The third kappa shape index (κ3) is 3.49. The molecule has 0 aromatic heterocycles. The summed E-state index contributed by atoms with van der Waals surface area (Å²) in [7, 11) is 0. The Balaban J connectivity index is 1.41. The molecule has 0 spiro atoms. The molecule has 150 valence electrons. The van der Waals surface area contributed by atoms with Crippen LogP contribution >= 0.6 is 11.6 Å². The van der Waals surface area contributed by atoms with E-state index in [0.29, 0.717) is 17.1 Å². The van der Waals surface area contributed by atoms with Crippen molar-refractivity contribution in [3.63, 3.8) is 0 Å². The minimum atomic E-state index is -1.17. The molecule has 1 aliphatic carbocycles. The van der Waals surface area contributed by atoms with Crippen LogP contribution in [0.4, 0.5) is 4.79 Å². The Hall–Kier alpha value is -2.86. The van der Waals surface area contributed by atoms with Crippen LogP contribution < -0.4 is 10.6 Å². The Morgan fingerprint density at radius 2 is 1.76 bits per heavy atom. The van der Waals surface area contributed by atoms with Crippen molar-refractivity contribution in [2.24, 2.45) is 0 Å². The van der Waals surface area contributed by atoms with E-state index in [1.54, 1.807) is 31.2 Å². The molecule has 0 radical (unpaired) electrons. The highest BCUT2D eigenvalue weighted by atomic mass is 35.5. The van der Waals surface area contributed by atoms with Crippen LogP contribution in [0, 0.1) is 0 Å². The van der Waals surface area contributed by atoms with Crippen molar-refractivity contribution in [1.29, 1.82) is 0 Å². The second kappa shape index (κ2) is 7.19. The first kappa shape index (κ1) is 19.5. The first-order valence-electron chi connectivity index (χ1n) is 9.57. The van der Waals surface area contributed by atoms with Crippen LogP contribution in [0.5, 0.6) is 0 Å². The number of nitrogens with zero attached hydrogens (tertiary/aromatic N) is 1. The number of hydrogen-bond donors (Lipinski definition) is 2. The lowest BCUT2D eigenvalue weighted by Crippen LogP contribution is -2.44. The van der Waals surface area contributed by atoms with E-state index >= 15 is 0 Å². The highest BCUT2D eigenvalue weighted by molar-refractivity contribution is 6.31. The van der Waals surface area contributed by atoms with Crippen LogP contribution in [0.3, 0.4) is 0 Å². The number of carbonyl (C=O) groups excluding carboxylic acids is 3. The van der Waals surface area contributed by atoms with Crippen molar-refractivity contribution in [1.82, 2.24) is 15.5 Å². The molecule has 1 unspecified atom stereocenters. The SMILES string of the molecule is CC1(c2ccccc2)NC(=O)N(CC(=O)NCC2(c3ccccc3Cl)CC2)C1=O. The highest BCUT2D eigenvalue weighted by Crippen LogP contribution is 2.49. The summed E-state index contributed by atoms with van der Waals surface area (Å²) in [4.78, 5) is 38.8. The van der Waals surface area contributed by atoms with Gasteiger partial charge in [0.15, 0.2) is 0 Å². The predicted molar refractivity (Wildman–Crippen MR) is 109 cm³/mol. The van der Waals surface area contributed by atoms with Crippen LogP contribution in [-0.2, 0) is 20.5 Å². The van der Waals surface area contributed by atoms with E-state index in [9.17, 15) is 14.4 Å². The van der Waals surface area contributed by atoms with Crippen LogP contribution in [0.2, 0.25) is 5.02 Å². The molecule has 2 N–H and O–H groups in total. The Kier molecular flexibility index (Phi) is 4.82. The van der Waals surface area contributed by atoms with Gasteiger partial charge >= 0.3 is 6.03 Å². The van der Waals surface area contributed by atoms with Crippen LogP contribution in [0.15, 0.2) is 54.6 Å². The molecule has 7 heteroatoms. The van der Waals surface area contributed by atoms with E-state index in [4.69, 9.17) is 11.6 Å². The summed E-state index contributed by atoms with van der Waals surface area (Å²) in [5, 5.41) is 6.27.